The molecule has 1 aromatic rings. The van der Waals surface area contributed by atoms with Crippen LogP contribution in [0.15, 0.2) is 24.3 Å². The number of hydrogen-bond donors (Lipinski definition) is 2. The number of carbonyl (C=O) groups excluding carboxylic acids is 2. The van der Waals surface area contributed by atoms with Gasteiger partial charge in [0.05, 0.1) is 12.6 Å². The Kier molecular flexibility index (Phi) is 5.42. The number of rotatable bonds is 5. The predicted octanol–water partition coefficient (Wildman–Crippen LogP) is 2.34. The van der Waals surface area contributed by atoms with Gasteiger partial charge < -0.3 is 15.3 Å². The molecule has 1 saturated heterocycles. The van der Waals surface area contributed by atoms with Crippen LogP contribution in [0.2, 0.25) is 0 Å². The monoisotopic (exact) mass is 318 g/mol. The molecule has 0 aliphatic carbocycles. The third-order valence-electron chi connectivity index (χ3n) is 3.91. The highest BCUT2D eigenvalue weighted by Crippen LogP contribution is 2.23. The van der Waals surface area contributed by atoms with Gasteiger partial charge in [0.15, 0.2) is 0 Å². The number of carbonyl (C=O) groups is 2. The van der Waals surface area contributed by atoms with Crippen molar-refractivity contribution in [3.63, 3.8) is 0 Å². The van der Waals surface area contributed by atoms with Crippen LogP contribution in [0.5, 0.6) is 0 Å². The molecule has 2 amide bonds. The van der Waals surface area contributed by atoms with Gasteiger partial charge in [-0.05, 0) is 36.5 Å². The molecular formula is C18H26N2O3. The molecule has 1 heterocycles. The van der Waals surface area contributed by atoms with Crippen molar-refractivity contribution in [2.45, 2.75) is 46.1 Å². The lowest BCUT2D eigenvalue weighted by Crippen LogP contribution is -2.40. The van der Waals surface area contributed by atoms with E-state index in [-0.39, 0.29) is 29.9 Å². The average molecular weight is 318 g/mol. The lowest BCUT2D eigenvalue weighted by Gasteiger charge is -2.25. The summed E-state index contributed by atoms with van der Waals surface area (Å²) in [7, 11) is 0. The van der Waals surface area contributed by atoms with E-state index in [4.69, 9.17) is 0 Å². The molecule has 1 aliphatic rings. The second-order valence-corrected chi connectivity index (χ2v) is 7.32. The smallest absolute Gasteiger partial charge is 0.251 e. The van der Waals surface area contributed by atoms with Crippen LogP contribution >= 0.6 is 0 Å². The van der Waals surface area contributed by atoms with Crippen LogP contribution in [0.25, 0.3) is 0 Å². The number of anilines is 1. The van der Waals surface area contributed by atoms with Crippen molar-refractivity contribution in [1.82, 2.24) is 5.32 Å². The van der Waals surface area contributed by atoms with Crippen molar-refractivity contribution >= 4 is 17.5 Å². The summed E-state index contributed by atoms with van der Waals surface area (Å²) in [4.78, 5) is 26.0. The Morgan fingerprint density at radius 1 is 1.39 bits per heavy atom. The number of aliphatic hydroxyl groups is 1. The van der Waals surface area contributed by atoms with E-state index in [1.807, 2.05) is 6.07 Å². The van der Waals surface area contributed by atoms with Crippen molar-refractivity contribution in [3.05, 3.63) is 29.8 Å². The SMILES string of the molecule is CC(C)(C)CC(CO)NC(=O)c1cccc(N2CCCC2=O)c1. The number of hydrogen-bond acceptors (Lipinski definition) is 3. The molecule has 5 nitrogen and oxygen atoms in total. The molecule has 23 heavy (non-hydrogen) atoms. The van der Waals surface area contributed by atoms with E-state index >= 15 is 0 Å². The van der Waals surface area contributed by atoms with Gasteiger partial charge >= 0.3 is 0 Å². The molecule has 1 unspecified atom stereocenters. The fourth-order valence-corrected chi connectivity index (χ4v) is 2.91. The maximum atomic E-state index is 12.4. The molecule has 0 bridgehead atoms. The molecule has 0 saturated carbocycles. The molecule has 126 valence electrons. The van der Waals surface area contributed by atoms with E-state index in [2.05, 4.69) is 26.1 Å². The number of nitrogens with one attached hydrogen (secondary N) is 1. The van der Waals surface area contributed by atoms with E-state index in [1.54, 1.807) is 23.1 Å². The number of nitrogens with zero attached hydrogens (tertiary/aromatic N) is 1. The van der Waals surface area contributed by atoms with Gasteiger partial charge in [0.2, 0.25) is 5.91 Å². The molecule has 0 aromatic heterocycles. The van der Waals surface area contributed by atoms with Crippen LogP contribution in [0.1, 0.15) is 50.4 Å². The lowest BCUT2D eigenvalue weighted by atomic mass is 9.88. The Morgan fingerprint density at radius 2 is 2.13 bits per heavy atom. The number of aliphatic hydroxyl groups excluding tert-OH is 1. The van der Waals surface area contributed by atoms with E-state index < -0.39 is 0 Å². The van der Waals surface area contributed by atoms with Crippen molar-refractivity contribution in [3.8, 4) is 0 Å². The molecule has 1 fully saturated rings. The summed E-state index contributed by atoms with van der Waals surface area (Å²) in [5, 5.41) is 12.4. The molecule has 5 heteroatoms. The minimum Gasteiger partial charge on any atom is -0.394 e. The van der Waals surface area contributed by atoms with Gasteiger partial charge in [0, 0.05) is 24.2 Å². The van der Waals surface area contributed by atoms with Gasteiger partial charge in [-0.3, -0.25) is 9.59 Å². The van der Waals surface area contributed by atoms with E-state index in [9.17, 15) is 14.7 Å². The summed E-state index contributed by atoms with van der Waals surface area (Å²) in [5.74, 6) is -0.120. The lowest BCUT2D eigenvalue weighted by molar-refractivity contribution is -0.117. The molecule has 2 rings (SSSR count). The first-order chi connectivity index (χ1) is 10.8. The highest BCUT2D eigenvalue weighted by atomic mass is 16.3. The summed E-state index contributed by atoms with van der Waals surface area (Å²) < 4.78 is 0. The third kappa shape index (κ3) is 4.79. The maximum absolute atomic E-state index is 12.4. The molecular weight excluding hydrogens is 292 g/mol. The summed E-state index contributed by atoms with van der Waals surface area (Å²) in [5.41, 5.74) is 1.29. The number of benzene rings is 1. The first-order valence-electron chi connectivity index (χ1n) is 8.12. The van der Waals surface area contributed by atoms with Crippen molar-refractivity contribution in [1.29, 1.82) is 0 Å². The Labute approximate surface area is 137 Å². The Hall–Kier alpha value is -1.88. The summed E-state index contributed by atoms with van der Waals surface area (Å²) in [6, 6.07) is 6.82. The van der Waals surface area contributed by atoms with Crippen molar-refractivity contribution in [2.24, 2.45) is 5.41 Å². The van der Waals surface area contributed by atoms with Crippen molar-refractivity contribution < 1.29 is 14.7 Å². The Morgan fingerprint density at radius 3 is 2.70 bits per heavy atom. The topological polar surface area (TPSA) is 69.6 Å². The fraction of sp³-hybridized carbons (Fsp3) is 0.556. The van der Waals surface area contributed by atoms with Crippen LogP contribution in [0, 0.1) is 5.41 Å². The fourth-order valence-electron chi connectivity index (χ4n) is 2.91. The Bertz CT molecular complexity index is 578. The summed E-state index contributed by atoms with van der Waals surface area (Å²) in [6.07, 6.45) is 2.11. The highest BCUT2D eigenvalue weighted by Gasteiger charge is 2.23. The second kappa shape index (κ2) is 7.13. The number of amides is 2. The van der Waals surface area contributed by atoms with Gasteiger partial charge in [-0.1, -0.05) is 26.8 Å². The minimum absolute atomic E-state index is 0.0183. The molecule has 2 N–H and O–H groups in total. The maximum Gasteiger partial charge on any atom is 0.251 e. The normalized spacial score (nSPS) is 16.5. The second-order valence-electron chi connectivity index (χ2n) is 7.32. The molecule has 0 spiro atoms. The molecule has 1 aromatic carbocycles. The zero-order chi connectivity index (χ0) is 17.0. The van der Waals surface area contributed by atoms with E-state index in [0.717, 1.165) is 12.1 Å². The van der Waals surface area contributed by atoms with Gasteiger partial charge in [0.25, 0.3) is 5.91 Å². The first-order valence-corrected chi connectivity index (χ1v) is 8.12. The minimum atomic E-state index is -0.278. The molecule has 0 radical (unpaired) electrons. The van der Waals surface area contributed by atoms with Crippen LogP contribution in [-0.2, 0) is 4.79 Å². The third-order valence-corrected chi connectivity index (χ3v) is 3.91. The van der Waals surface area contributed by atoms with Gasteiger partial charge in [0.1, 0.15) is 0 Å². The summed E-state index contributed by atoms with van der Waals surface area (Å²) in [6.45, 7) is 6.82. The summed E-state index contributed by atoms with van der Waals surface area (Å²) >= 11 is 0. The van der Waals surface area contributed by atoms with Gasteiger partial charge in [-0.2, -0.15) is 0 Å². The zero-order valence-electron chi connectivity index (χ0n) is 14.1. The van der Waals surface area contributed by atoms with E-state index in [0.29, 0.717) is 24.9 Å². The first kappa shape index (κ1) is 17.5. The van der Waals surface area contributed by atoms with Gasteiger partial charge in [-0.15, -0.1) is 0 Å². The predicted molar refractivity (Wildman–Crippen MR) is 90.4 cm³/mol. The van der Waals surface area contributed by atoms with Crippen LogP contribution in [0.4, 0.5) is 5.69 Å². The zero-order valence-corrected chi connectivity index (χ0v) is 14.1. The highest BCUT2D eigenvalue weighted by molar-refractivity contribution is 5.99. The largest absolute Gasteiger partial charge is 0.394 e. The standard InChI is InChI=1S/C18H26N2O3/c1-18(2,3)11-14(12-21)19-17(23)13-6-4-7-15(10-13)20-9-5-8-16(20)22/h4,6-7,10,14,21H,5,8-9,11-12H2,1-3H3,(H,19,23). The average Bonchev–Trinajstić information content (AvgIpc) is 2.91. The van der Waals surface area contributed by atoms with Crippen molar-refractivity contribution in [2.75, 3.05) is 18.1 Å². The molecule has 1 atom stereocenters. The van der Waals surface area contributed by atoms with Crippen LogP contribution in [-0.4, -0.2) is 36.1 Å². The quantitative estimate of drug-likeness (QED) is 0.875. The van der Waals surface area contributed by atoms with E-state index in [1.165, 1.54) is 0 Å². The van der Waals surface area contributed by atoms with Crippen LogP contribution in [0.3, 0.4) is 0 Å². The van der Waals surface area contributed by atoms with Gasteiger partial charge in [-0.25, -0.2) is 0 Å². The van der Waals surface area contributed by atoms with Crippen LogP contribution < -0.4 is 10.2 Å². The Balaban J connectivity index is 2.08. The molecule has 1 aliphatic heterocycles.